The van der Waals surface area contributed by atoms with Gasteiger partial charge in [0, 0.05) is 17.7 Å². The predicted octanol–water partition coefficient (Wildman–Crippen LogP) is 2.06. The minimum atomic E-state index is 0.0100. The van der Waals surface area contributed by atoms with Crippen LogP contribution in [0.1, 0.15) is 16.8 Å². The standard InChI is InChI=1S/C10H9O2S/c11-7-4-8-13-10(12)9-5-2-1-3-6-9/h1-3,5-6H,4,8H2. The summed E-state index contributed by atoms with van der Waals surface area (Å²) in [6.45, 7) is 0. The molecule has 0 aliphatic rings. The molecule has 0 amide bonds. The van der Waals surface area contributed by atoms with Crippen molar-refractivity contribution in [2.45, 2.75) is 6.42 Å². The number of benzene rings is 1. The number of carbonyl (C=O) groups is 1. The Morgan fingerprint density at radius 1 is 1.31 bits per heavy atom. The van der Waals surface area contributed by atoms with E-state index in [-0.39, 0.29) is 5.12 Å². The molecule has 0 spiro atoms. The zero-order chi connectivity index (χ0) is 9.52. The fourth-order valence-electron chi connectivity index (χ4n) is 0.843. The maximum atomic E-state index is 11.4. The van der Waals surface area contributed by atoms with E-state index in [9.17, 15) is 9.59 Å². The molecule has 0 atom stereocenters. The second-order valence-electron chi connectivity index (χ2n) is 2.40. The average molecular weight is 193 g/mol. The van der Waals surface area contributed by atoms with Crippen molar-refractivity contribution in [2.75, 3.05) is 5.75 Å². The Labute approximate surface area is 81.3 Å². The summed E-state index contributed by atoms with van der Waals surface area (Å²) in [6, 6.07) is 9.03. The number of hydrogen-bond donors (Lipinski definition) is 0. The first-order chi connectivity index (χ1) is 6.34. The summed E-state index contributed by atoms with van der Waals surface area (Å²) in [7, 11) is 0. The largest absolute Gasteiger partial charge is 0.291 e. The van der Waals surface area contributed by atoms with Crippen LogP contribution >= 0.6 is 11.8 Å². The molecule has 0 unspecified atom stereocenters. The Kier molecular flexibility index (Phi) is 4.26. The van der Waals surface area contributed by atoms with Gasteiger partial charge in [-0.15, -0.1) is 0 Å². The zero-order valence-corrected chi connectivity index (χ0v) is 7.84. The summed E-state index contributed by atoms with van der Waals surface area (Å²) in [6.07, 6.45) is 2.06. The van der Waals surface area contributed by atoms with Crippen molar-refractivity contribution in [3.63, 3.8) is 0 Å². The van der Waals surface area contributed by atoms with E-state index in [1.165, 1.54) is 0 Å². The minimum absolute atomic E-state index is 0.0100. The number of carbonyl (C=O) groups excluding carboxylic acids is 2. The van der Waals surface area contributed by atoms with E-state index in [1.54, 1.807) is 18.4 Å². The third-order valence-corrected chi connectivity index (χ3v) is 2.35. The summed E-state index contributed by atoms with van der Waals surface area (Å²) in [4.78, 5) is 21.2. The van der Waals surface area contributed by atoms with Crippen molar-refractivity contribution in [2.24, 2.45) is 0 Å². The Morgan fingerprint density at radius 2 is 2.00 bits per heavy atom. The maximum absolute atomic E-state index is 11.4. The lowest BCUT2D eigenvalue weighted by Gasteiger charge is -1.96. The summed E-state index contributed by atoms with van der Waals surface area (Å²) >= 11 is 1.15. The van der Waals surface area contributed by atoms with E-state index in [4.69, 9.17) is 0 Å². The van der Waals surface area contributed by atoms with Crippen LogP contribution in [0.5, 0.6) is 0 Å². The SMILES string of the molecule is O=[C]CCSC(=O)c1ccccc1. The van der Waals surface area contributed by atoms with Crippen LogP contribution in [0.2, 0.25) is 0 Å². The van der Waals surface area contributed by atoms with Crippen LogP contribution < -0.4 is 0 Å². The van der Waals surface area contributed by atoms with Crippen LogP contribution in [0.4, 0.5) is 0 Å². The van der Waals surface area contributed by atoms with Gasteiger partial charge in [-0.2, -0.15) is 0 Å². The first-order valence-electron chi connectivity index (χ1n) is 3.92. The van der Waals surface area contributed by atoms with Gasteiger partial charge in [0.05, 0.1) is 0 Å². The molecule has 1 aromatic rings. The molecule has 1 radical (unpaired) electrons. The van der Waals surface area contributed by atoms with Crippen molar-refractivity contribution in [1.29, 1.82) is 0 Å². The van der Waals surface area contributed by atoms with E-state index in [2.05, 4.69) is 0 Å². The van der Waals surface area contributed by atoms with Crippen LogP contribution in [-0.4, -0.2) is 17.2 Å². The number of thioether (sulfide) groups is 1. The monoisotopic (exact) mass is 193 g/mol. The van der Waals surface area contributed by atoms with Gasteiger partial charge in [0.15, 0.2) is 6.29 Å². The molecule has 3 heteroatoms. The highest BCUT2D eigenvalue weighted by Gasteiger charge is 2.04. The van der Waals surface area contributed by atoms with Gasteiger partial charge >= 0.3 is 0 Å². The van der Waals surface area contributed by atoms with E-state index < -0.39 is 0 Å². The van der Waals surface area contributed by atoms with Crippen molar-refractivity contribution < 1.29 is 9.59 Å². The summed E-state index contributed by atoms with van der Waals surface area (Å²) in [5, 5.41) is 0.0100. The lowest BCUT2D eigenvalue weighted by molar-refractivity contribution is 0.108. The number of rotatable bonds is 4. The molecule has 0 aliphatic heterocycles. The highest BCUT2D eigenvalue weighted by atomic mass is 32.2. The van der Waals surface area contributed by atoms with Crippen molar-refractivity contribution in [3.8, 4) is 0 Å². The van der Waals surface area contributed by atoms with Crippen molar-refractivity contribution in [1.82, 2.24) is 0 Å². The zero-order valence-electron chi connectivity index (χ0n) is 7.03. The third kappa shape index (κ3) is 3.42. The van der Waals surface area contributed by atoms with Crippen LogP contribution in [0, 0.1) is 0 Å². The van der Waals surface area contributed by atoms with Crippen LogP contribution in [0.3, 0.4) is 0 Å². The molecule has 0 N–H and O–H groups in total. The van der Waals surface area contributed by atoms with Crippen LogP contribution in [-0.2, 0) is 4.79 Å². The molecule has 67 valence electrons. The molecular formula is C10H9O2S. The molecule has 0 heterocycles. The van der Waals surface area contributed by atoms with Crippen molar-refractivity contribution in [3.05, 3.63) is 35.9 Å². The average Bonchev–Trinajstić information content (AvgIpc) is 2.19. The smallest absolute Gasteiger partial charge is 0.219 e. The lowest BCUT2D eigenvalue weighted by atomic mass is 10.2. The Morgan fingerprint density at radius 3 is 2.62 bits per heavy atom. The summed E-state index contributed by atoms with van der Waals surface area (Å²) in [5.74, 6) is 0.511. The maximum Gasteiger partial charge on any atom is 0.219 e. The molecule has 0 aromatic heterocycles. The van der Waals surface area contributed by atoms with Gasteiger partial charge in [0.1, 0.15) is 0 Å². The first kappa shape index (κ1) is 9.99. The number of hydrogen-bond acceptors (Lipinski definition) is 3. The molecule has 0 saturated heterocycles. The fraction of sp³-hybridized carbons (Fsp3) is 0.200. The van der Waals surface area contributed by atoms with E-state index in [1.807, 2.05) is 18.2 Å². The molecule has 1 aromatic carbocycles. The fourth-order valence-corrected chi connectivity index (χ4v) is 1.52. The Balaban J connectivity index is 2.45. The van der Waals surface area contributed by atoms with Gasteiger partial charge in [-0.3, -0.25) is 9.59 Å². The second-order valence-corrected chi connectivity index (χ2v) is 3.46. The lowest BCUT2D eigenvalue weighted by Crippen LogP contribution is -1.94. The molecular weight excluding hydrogens is 184 g/mol. The Hall–Kier alpha value is -1.09. The summed E-state index contributed by atoms with van der Waals surface area (Å²) < 4.78 is 0. The van der Waals surface area contributed by atoms with E-state index in [0.717, 1.165) is 11.8 Å². The second kappa shape index (κ2) is 5.54. The Bertz CT molecular complexity index is 282. The minimum Gasteiger partial charge on any atom is -0.291 e. The molecule has 2 nitrogen and oxygen atoms in total. The van der Waals surface area contributed by atoms with Crippen molar-refractivity contribution >= 4 is 23.2 Å². The van der Waals surface area contributed by atoms with Gasteiger partial charge in [-0.05, 0) is 0 Å². The topological polar surface area (TPSA) is 34.1 Å². The van der Waals surface area contributed by atoms with Gasteiger partial charge in [0.2, 0.25) is 5.12 Å². The molecule has 1 rings (SSSR count). The molecule has 13 heavy (non-hydrogen) atoms. The van der Waals surface area contributed by atoms with E-state index >= 15 is 0 Å². The predicted molar refractivity (Wildman–Crippen MR) is 53.5 cm³/mol. The molecule has 0 aliphatic carbocycles. The molecule has 0 fully saturated rings. The highest BCUT2D eigenvalue weighted by molar-refractivity contribution is 8.14. The molecule has 0 saturated carbocycles. The van der Waals surface area contributed by atoms with Crippen LogP contribution in [0.15, 0.2) is 30.3 Å². The van der Waals surface area contributed by atoms with Gasteiger partial charge in [0.25, 0.3) is 0 Å². The first-order valence-corrected chi connectivity index (χ1v) is 4.90. The normalized spacial score (nSPS) is 9.54. The van der Waals surface area contributed by atoms with Crippen LogP contribution in [0.25, 0.3) is 0 Å². The summed E-state index contributed by atoms with van der Waals surface area (Å²) in [5.41, 5.74) is 0.679. The van der Waals surface area contributed by atoms with Gasteiger partial charge < -0.3 is 0 Å². The molecule has 0 bridgehead atoms. The van der Waals surface area contributed by atoms with Gasteiger partial charge in [-0.25, -0.2) is 0 Å². The third-order valence-electron chi connectivity index (χ3n) is 1.45. The van der Waals surface area contributed by atoms with E-state index in [0.29, 0.717) is 17.7 Å². The highest BCUT2D eigenvalue weighted by Crippen LogP contribution is 2.12. The quantitative estimate of drug-likeness (QED) is 0.686. The van der Waals surface area contributed by atoms with Gasteiger partial charge in [-0.1, -0.05) is 42.1 Å².